The molecule has 184 valence electrons. The highest BCUT2D eigenvalue weighted by Gasteiger charge is 2.43. The van der Waals surface area contributed by atoms with Crippen molar-refractivity contribution < 1.29 is 18.3 Å². The summed E-state index contributed by atoms with van der Waals surface area (Å²) in [7, 11) is 0. The van der Waals surface area contributed by atoms with Crippen LogP contribution in [0.2, 0.25) is 0 Å². The van der Waals surface area contributed by atoms with Crippen molar-refractivity contribution >= 4 is 0 Å². The molecule has 2 heterocycles. The van der Waals surface area contributed by atoms with Gasteiger partial charge in [-0.2, -0.15) is 5.10 Å². The van der Waals surface area contributed by atoms with Crippen molar-refractivity contribution in [1.82, 2.24) is 15.1 Å². The van der Waals surface area contributed by atoms with E-state index in [4.69, 9.17) is 15.2 Å². The van der Waals surface area contributed by atoms with E-state index in [0.29, 0.717) is 23.9 Å². The molecule has 2 aliphatic rings. The van der Waals surface area contributed by atoms with Crippen LogP contribution in [-0.2, 0) is 12.0 Å². The van der Waals surface area contributed by atoms with Gasteiger partial charge in [0.05, 0.1) is 18.8 Å². The first-order chi connectivity index (χ1) is 16.7. The van der Waals surface area contributed by atoms with E-state index in [-0.39, 0.29) is 30.7 Å². The summed E-state index contributed by atoms with van der Waals surface area (Å²) in [6.45, 7) is 4.25. The van der Waals surface area contributed by atoms with Crippen molar-refractivity contribution in [3.8, 4) is 17.4 Å². The molecule has 0 radical (unpaired) electrons. The molecule has 0 atom stereocenters. The maximum Gasteiger partial charge on any atom is 0.272 e. The molecule has 1 aliphatic heterocycles. The molecule has 35 heavy (non-hydrogen) atoms. The number of hydrogen-bond donors (Lipinski definition) is 1. The number of halogens is 2. The van der Waals surface area contributed by atoms with E-state index in [2.05, 4.69) is 36.2 Å². The molecular weight excluding hydrogens is 450 g/mol. The van der Waals surface area contributed by atoms with Gasteiger partial charge in [0.2, 0.25) is 5.88 Å². The minimum atomic E-state index is -2.58. The first-order valence-corrected chi connectivity index (χ1v) is 11.9. The minimum Gasteiger partial charge on any atom is -0.490 e. The molecule has 5 rings (SSSR count). The number of aromatic nitrogens is 2. The van der Waals surface area contributed by atoms with Crippen LogP contribution >= 0.6 is 0 Å². The van der Waals surface area contributed by atoms with Crippen LogP contribution in [0.15, 0.2) is 60.7 Å². The van der Waals surface area contributed by atoms with Crippen LogP contribution in [0.1, 0.15) is 43.5 Å². The average molecular weight is 481 g/mol. The molecule has 1 aromatic heterocycles. The Bertz CT molecular complexity index is 1140. The van der Waals surface area contributed by atoms with Crippen LogP contribution < -0.4 is 15.2 Å². The van der Waals surface area contributed by atoms with Crippen molar-refractivity contribution in [1.29, 1.82) is 0 Å². The average Bonchev–Trinajstić information content (AvgIpc) is 2.79. The second-order valence-corrected chi connectivity index (χ2v) is 10.1. The van der Waals surface area contributed by atoms with E-state index in [0.717, 1.165) is 24.2 Å². The quantitative estimate of drug-likeness (QED) is 0.494. The molecule has 0 spiro atoms. The Hall–Kier alpha value is -3.10. The highest BCUT2D eigenvalue weighted by Crippen LogP contribution is 2.35. The van der Waals surface area contributed by atoms with E-state index in [9.17, 15) is 8.78 Å². The summed E-state index contributed by atoms with van der Waals surface area (Å²) in [5.41, 5.74) is 8.61. The zero-order chi connectivity index (χ0) is 24.6. The molecule has 2 fully saturated rings. The zero-order valence-corrected chi connectivity index (χ0v) is 20.0. The first kappa shape index (κ1) is 23.6. The molecule has 3 aromatic rings. The normalized spacial score (nSPS) is 21.6. The second-order valence-electron chi connectivity index (χ2n) is 10.1. The number of rotatable bonds is 8. The van der Waals surface area contributed by atoms with Crippen LogP contribution in [0, 0.1) is 0 Å². The molecule has 1 saturated carbocycles. The topological polar surface area (TPSA) is 73.5 Å². The second kappa shape index (κ2) is 9.17. The van der Waals surface area contributed by atoms with Crippen molar-refractivity contribution in [2.45, 2.75) is 56.7 Å². The number of nitrogens with zero attached hydrogens (tertiary/aromatic N) is 3. The van der Waals surface area contributed by atoms with Gasteiger partial charge < -0.3 is 15.2 Å². The summed E-state index contributed by atoms with van der Waals surface area (Å²) in [5, 5.41) is 8.18. The van der Waals surface area contributed by atoms with Gasteiger partial charge in [0.15, 0.2) is 0 Å². The van der Waals surface area contributed by atoms with Gasteiger partial charge in [0.25, 0.3) is 5.92 Å². The lowest BCUT2D eigenvalue weighted by Gasteiger charge is -2.38. The highest BCUT2D eigenvalue weighted by atomic mass is 19.3. The van der Waals surface area contributed by atoms with Gasteiger partial charge in [-0.05, 0) is 54.3 Å². The Kier molecular flexibility index (Phi) is 6.19. The molecule has 0 amide bonds. The number of nitrogens with two attached hydrogens (primary N) is 1. The molecule has 0 bridgehead atoms. The molecule has 0 unspecified atom stereocenters. The first-order valence-electron chi connectivity index (χ1n) is 11.9. The fourth-order valence-corrected chi connectivity index (χ4v) is 4.51. The molecule has 2 N–H and O–H groups in total. The van der Waals surface area contributed by atoms with Crippen molar-refractivity contribution in [3.05, 3.63) is 77.5 Å². The van der Waals surface area contributed by atoms with Gasteiger partial charge in [-0.15, -0.1) is 5.10 Å². The number of benzene rings is 2. The lowest BCUT2D eigenvalue weighted by Crippen LogP contribution is -2.55. The van der Waals surface area contributed by atoms with E-state index in [1.54, 1.807) is 17.0 Å². The summed E-state index contributed by atoms with van der Waals surface area (Å²) in [4.78, 5) is 1.63. The Labute approximate surface area is 204 Å². The third kappa shape index (κ3) is 5.44. The van der Waals surface area contributed by atoms with Crippen molar-refractivity contribution in [3.63, 3.8) is 0 Å². The van der Waals surface area contributed by atoms with Crippen LogP contribution in [0.5, 0.6) is 17.4 Å². The Balaban J connectivity index is 1.18. The molecule has 2 aromatic carbocycles. The summed E-state index contributed by atoms with van der Waals surface area (Å²) in [6.07, 6.45) is 2.06. The maximum atomic E-state index is 13.0. The fraction of sp³-hybridized carbons (Fsp3) is 0.407. The third-order valence-electron chi connectivity index (χ3n) is 6.80. The summed E-state index contributed by atoms with van der Waals surface area (Å²) in [6, 6.07) is 19.9. The number of likely N-dealkylation sites (tertiary alicyclic amines) is 1. The third-order valence-corrected chi connectivity index (χ3v) is 6.80. The number of alkyl halides is 2. The fourth-order valence-electron chi connectivity index (χ4n) is 4.51. The van der Waals surface area contributed by atoms with E-state index >= 15 is 0 Å². The van der Waals surface area contributed by atoms with Crippen molar-refractivity contribution in [2.24, 2.45) is 5.73 Å². The van der Waals surface area contributed by atoms with Crippen LogP contribution in [0.4, 0.5) is 8.78 Å². The van der Waals surface area contributed by atoms with Gasteiger partial charge in [0, 0.05) is 24.1 Å². The monoisotopic (exact) mass is 480 g/mol. The molecule has 6 nitrogen and oxygen atoms in total. The maximum absolute atomic E-state index is 13.0. The van der Waals surface area contributed by atoms with Gasteiger partial charge in [0.1, 0.15) is 17.6 Å². The zero-order valence-electron chi connectivity index (χ0n) is 20.0. The Morgan fingerprint density at radius 3 is 2.03 bits per heavy atom. The van der Waals surface area contributed by atoms with Gasteiger partial charge in [-0.3, -0.25) is 4.90 Å². The summed E-state index contributed by atoms with van der Waals surface area (Å²) in [5.74, 6) is -0.700. The van der Waals surface area contributed by atoms with Crippen molar-refractivity contribution in [2.75, 3.05) is 13.1 Å². The Morgan fingerprint density at radius 1 is 0.914 bits per heavy atom. The molecule has 1 saturated heterocycles. The number of hydrogen-bond acceptors (Lipinski definition) is 6. The predicted octanol–water partition coefficient (Wildman–Crippen LogP) is 4.91. The van der Waals surface area contributed by atoms with Crippen LogP contribution in [0.25, 0.3) is 0 Å². The van der Waals surface area contributed by atoms with E-state index in [1.165, 1.54) is 5.56 Å². The number of ether oxygens (including phenoxy) is 2. The van der Waals surface area contributed by atoms with E-state index < -0.39 is 5.92 Å². The minimum absolute atomic E-state index is 0.203. The van der Waals surface area contributed by atoms with Crippen LogP contribution in [0.3, 0.4) is 0 Å². The smallest absolute Gasteiger partial charge is 0.272 e. The lowest BCUT2D eigenvalue weighted by atomic mass is 9.78. The molecule has 8 heteroatoms. The summed E-state index contributed by atoms with van der Waals surface area (Å²) < 4.78 is 37.7. The molecular formula is C27H30F2N4O2. The van der Waals surface area contributed by atoms with Crippen LogP contribution in [-0.4, -0.2) is 46.3 Å². The standard InChI is InChI=1S/C27H30F2N4O2/c1-26(2,18-3-8-22(9-4-18)34-24-13-20(30)14-24)19-5-10-23(11-6-19)35-25-12-7-21(31-32-25)15-33-16-27(28,29)17-33/h3-12,20,24H,13-17,30H2,1-2H3. The Morgan fingerprint density at radius 2 is 1.51 bits per heavy atom. The highest BCUT2D eigenvalue weighted by molar-refractivity contribution is 5.42. The van der Waals surface area contributed by atoms with Gasteiger partial charge in [-0.1, -0.05) is 38.1 Å². The summed E-state index contributed by atoms with van der Waals surface area (Å²) >= 11 is 0. The predicted molar refractivity (Wildman–Crippen MR) is 129 cm³/mol. The largest absolute Gasteiger partial charge is 0.490 e. The lowest BCUT2D eigenvalue weighted by molar-refractivity contribution is -0.134. The van der Waals surface area contributed by atoms with Gasteiger partial charge >= 0.3 is 0 Å². The van der Waals surface area contributed by atoms with Gasteiger partial charge in [-0.25, -0.2) is 8.78 Å². The SMILES string of the molecule is CC(C)(c1ccc(Oc2ccc(CN3CC(F)(F)C3)nn2)cc1)c1ccc(OC2CC(N)C2)cc1. The molecule has 1 aliphatic carbocycles. The van der Waals surface area contributed by atoms with E-state index in [1.807, 2.05) is 36.4 Å².